The predicted molar refractivity (Wildman–Crippen MR) is 176 cm³/mol. The fourth-order valence-corrected chi connectivity index (χ4v) is 6.56. The Hall–Kier alpha value is -2.40. The van der Waals surface area contributed by atoms with Gasteiger partial charge in [0.05, 0.1) is 11.3 Å². The molecule has 0 fully saturated rings. The van der Waals surface area contributed by atoms with E-state index in [1.54, 1.807) is 11.3 Å². The molecule has 2 aromatic heterocycles. The number of aryl methyl sites for hydroxylation is 2. The number of fused-ring (bicyclic) bond motifs is 3. The molecule has 4 aromatic rings. The molecule has 2 heterocycles. The van der Waals surface area contributed by atoms with Crippen molar-refractivity contribution >= 4 is 37.4 Å². The van der Waals surface area contributed by atoms with E-state index in [1.807, 2.05) is 34.6 Å². The van der Waals surface area contributed by atoms with Crippen molar-refractivity contribution in [3.8, 4) is 11.3 Å². The molecule has 4 rings (SSSR count). The number of hydrogen-bond donors (Lipinski definition) is 1. The number of aromatic nitrogens is 2. The van der Waals surface area contributed by atoms with Crippen LogP contribution < -0.4 is 0 Å². The molecule has 2 aromatic carbocycles. The molecule has 0 aliphatic heterocycles. The molecule has 0 aliphatic carbocycles. The van der Waals surface area contributed by atoms with E-state index in [0.29, 0.717) is 0 Å². The van der Waals surface area contributed by atoms with E-state index in [4.69, 9.17) is 1.37 Å². The van der Waals surface area contributed by atoms with Crippen molar-refractivity contribution in [1.29, 1.82) is 0 Å². The molecule has 0 spiro atoms. The summed E-state index contributed by atoms with van der Waals surface area (Å²) in [6, 6.07) is 14.0. The topological polar surface area (TPSA) is 63.1 Å². The molecule has 229 valence electrons. The molecule has 6 heteroatoms. The van der Waals surface area contributed by atoms with Crippen molar-refractivity contribution in [3.05, 3.63) is 71.2 Å². The maximum absolute atomic E-state index is 11.7. The van der Waals surface area contributed by atoms with Crippen molar-refractivity contribution in [3.63, 3.8) is 0 Å². The standard InChI is InChI=1S/C23H23N2S.C13H24O2.Ir/c1-14-9-15(2)11-17(10-14)19-22-20(25-13-24-19)18-8-6-7-16(21(18)26-22)12-23(3,4)5;1-5-10(6-2)12(14)9-13(15)11(7-3)8-4;/h6-10,13H,12H2,1-5H3;9-11,14H,5-8H2,1-4H3;/q-1;;/b;12-9-;/i13D;;. The van der Waals surface area contributed by atoms with Gasteiger partial charge in [-0.2, -0.15) is 0 Å². The summed E-state index contributed by atoms with van der Waals surface area (Å²) in [7, 11) is 0. The predicted octanol–water partition coefficient (Wildman–Crippen LogP) is 10.4. The summed E-state index contributed by atoms with van der Waals surface area (Å²) in [5.74, 6) is 0.547. The Kier molecular flexibility index (Phi) is 12.9. The second-order valence-electron chi connectivity index (χ2n) is 12.2. The van der Waals surface area contributed by atoms with Gasteiger partial charge in [0.25, 0.3) is 0 Å². The van der Waals surface area contributed by atoms with Gasteiger partial charge >= 0.3 is 0 Å². The Morgan fingerprint density at radius 2 is 1.67 bits per heavy atom. The fourth-order valence-electron chi connectivity index (χ4n) is 5.31. The molecule has 0 amide bonds. The van der Waals surface area contributed by atoms with Crippen LogP contribution in [0.4, 0.5) is 0 Å². The van der Waals surface area contributed by atoms with Crippen LogP contribution in [0.5, 0.6) is 0 Å². The smallest absolute Gasteiger partial charge is 0.162 e. The minimum absolute atomic E-state index is 0. The summed E-state index contributed by atoms with van der Waals surface area (Å²) in [5.41, 5.74) is 6.45. The van der Waals surface area contributed by atoms with Crippen LogP contribution in [0, 0.1) is 37.2 Å². The number of ketones is 1. The van der Waals surface area contributed by atoms with Gasteiger partial charge < -0.3 is 5.11 Å². The van der Waals surface area contributed by atoms with E-state index < -0.39 is 0 Å². The normalized spacial score (nSPS) is 12.4. The summed E-state index contributed by atoms with van der Waals surface area (Å²) < 4.78 is 10.5. The zero-order valence-corrected chi connectivity index (χ0v) is 29.9. The Labute approximate surface area is 271 Å². The number of nitrogens with zero attached hydrogens (tertiary/aromatic N) is 2. The summed E-state index contributed by atoms with van der Waals surface area (Å²) in [6.45, 7) is 19.0. The van der Waals surface area contributed by atoms with Crippen molar-refractivity contribution in [1.82, 2.24) is 9.97 Å². The average Bonchev–Trinajstić information content (AvgIpc) is 3.28. The third kappa shape index (κ3) is 9.05. The molecule has 0 unspecified atom stereocenters. The molecule has 0 bridgehead atoms. The molecular formula is C36H47IrN2O2S-. The van der Waals surface area contributed by atoms with Gasteiger partial charge in [-0.25, -0.2) is 4.98 Å². The Balaban J connectivity index is 0.000000348. The molecule has 0 saturated heterocycles. The zero-order chi connectivity index (χ0) is 31.2. The van der Waals surface area contributed by atoms with E-state index in [0.717, 1.165) is 64.5 Å². The van der Waals surface area contributed by atoms with Crippen molar-refractivity contribution in [2.24, 2.45) is 17.3 Å². The molecule has 4 nitrogen and oxygen atoms in total. The summed E-state index contributed by atoms with van der Waals surface area (Å²) in [6.07, 6.45) is 5.97. The number of carbonyl (C=O) groups excluding carboxylic acids is 1. The zero-order valence-electron chi connectivity index (χ0n) is 27.6. The Morgan fingerprint density at radius 3 is 2.24 bits per heavy atom. The monoisotopic (exact) mass is 765 g/mol. The number of allylic oxidation sites excluding steroid dienone is 2. The first-order chi connectivity index (χ1) is 19.8. The SMILES string of the molecule is CCC(CC)C(=O)/C=C(\O)C(CC)CC.[2H]c1nc(-c2[c-]c(C)cc(C)c2)c2sc3c(CC(C)(C)C)cccc3c2n1.[Ir]. The van der Waals surface area contributed by atoms with Gasteiger partial charge in [-0.1, -0.05) is 80.5 Å². The van der Waals surface area contributed by atoms with Gasteiger partial charge in [0, 0.05) is 58.5 Å². The van der Waals surface area contributed by atoms with Gasteiger partial charge in [0.1, 0.15) is 7.67 Å². The van der Waals surface area contributed by atoms with Crippen LogP contribution in [-0.4, -0.2) is 20.9 Å². The van der Waals surface area contributed by atoms with Crippen LogP contribution in [0.2, 0.25) is 0 Å². The van der Waals surface area contributed by atoms with E-state index in [9.17, 15) is 9.90 Å². The third-order valence-corrected chi connectivity index (χ3v) is 8.79. The first kappa shape index (κ1) is 34.1. The van der Waals surface area contributed by atoms with Crippen LogP contribution in [0.3, 0.4) is 0 Å². The van der Waals surface area contributed by atoms with E-state index in [1.165, 1.54) is 21.9 Å². The third-order valence-electron chi connectivity index (χ3n) is 7.52. The Morgan fingerprint density at radius 1 is 1.02 bits per heavy atom. The summed E-state index contributed by atoms with van der Waals surface area (Å²) >= 11 is 1.74. The fraction of sp³-hybridized carbons (Fsp3) is 0.472. The second kappa shape index (κ2) is 15.9. The van der Waals surface area contributed by atoms with Gasteiger partial charge in [-0.05, 0) is 43.1 Å². The second-order valence-corrected chi connectivity index (χ2v) is 13.3. The number of thiophene rings is 1. The molecule has 1 radical (unpaired) electrons. The van der Waals surface area contributed by atoms with Gasteiger partial charge in [0.15, 0.2) is 5.78 Å². The van der Waals surface area contributed by atoms with Gasteiger partial charge in [-0.15, -0.1) is 46.2 Å². The molecule has 0 saturated carbocycles. The van der Waals surface area contributed by atoms with Crippen molar-refractivity contribution < 1.29 is 31.4 Å². The molecule has 42 heavy (non-hydrogen) atoms. The number of carbonyl (C=O) groups is 1. The first-order valence-corrected chi connectivity index (χ1v) is 15.8. The van der Waals surface area contributed by atoms with E-state index in [-0.39, 0.29) is 55.2 Å². The minimum atomic E-state index is 0. The average molecular weight is 765 g/mol. The van der Waals surface area contributed by atoms with Crippen molar-refractivity contribution in [2.45, 2.75) is 94.4 Å². The molecular weight excluding hydrogens is 717 g/mol. The summed E-state index contributed by atoms with van der Waals surface area (Å²) in [4.78, 5) is 20.7. The van der Waals surface area contributed by atoms with Gasteiger partial charge in [0.2, 0.25) is 0 Å². The number of aliphatic hydroxyl groups excluding tert-OH is 1. The molecule has 1 N–H and O–H groups in total. The van der Waals surface area contributed by atoms with Crippen LogP contribution in [0.15, 0.2) is 48.5 Å². The molecule has 0 atom stereocenters. The van der Waals surface area contributed by atoms with Crippen LogP contribution in [0.1, 0.15) is 92.2 Å². The van der Waals surface area contributed by atoms with Crippen LogP contribution in [0.25, 0.3) is 31.6 Å². The number of aliphatic hydroxyl groups is 1. The maximum atomic E-state index is 11.7. The Bertz CT molecular complexity index is 1540. The number of benzene rings is 2. The number of rotatable bonds is 9. The van der Waals surface area contributed by atoms with Crippen LogP contribution in [-0.2, 0) is 31.3 Å². The summed E-state index contributed by atoms with van der Waals surface area (Å²) in [5, 5.41) is 10.9. The maximum Gasteiger partial charge on any atom is 0.162 e. The first-order valence-electron chi connectivity index (χ1n) is 15.5. The number of hydrogen-bond acceptors (Lipinski definition) is 5. The van der Waals surface area contributed by atoms with E-state index >= 15 is 0 Å². The molecule has 0 aliphatic rings. The largest absolute Gasteiger partial charge is 0.512 e. The van der Waals surface area contributed by atoms with Gasteiger partial charge in [-0.3, -0.25) is 9.78 Å². The van der Waals surface area contributed by atoms with E-state index in [2.05, 4.69) is 74.1 Å². The van der Waals surface area contributed by atoms with Crippen LogP contribution >= 0.6 is 11.3 Å². The minimum Gasteiger partial charge on any atom is -0.512 e. The van der Waals surface area contributed by atoms with Crippen molar-refractivity contribution in [2.75, 3.05) is 0 Å². The quantitative estimate of drug-likeness (QED) is 0.105.